The summed E-state index contributed by atoms with van der Waals surface area (Å²) in [5.41, 5.74) is 1.63. The number of allylic oxidation sites excluding steroid dienone is 1. The Bertz CT molecular complexity index is 956. The van der Waals surface area contributed by atoms with Gasteiger partial charge in [-0.1, -0.05) is 34.1 Å². The molecule has 3 N–H and O–H groups in total. The summed E-state index contributed by atoms with van der Waals surface area (Å²) in [6.07, 6.45) is 0. The van der Waals surface area contributed by atoms with Gasteiger partial charge in [0.15, 0.2) is 0 Å². The van der Waals surface area contributed by atoms with Crippen LogP contribution in [0.4, 0.5) is 16.2 Å². The van der Waals surface area contributed by atoms with E-state index in [1.807, 2.05) is 12.1 Å². The van der Waals surface area contributed by atoms with E-state index in [2.05, 4.69) is 31.9 Å². The third kappa shape index (κ3) is 4.14. The molecule has 9 heteroatoms. The van der Waals surface area contributed by atoms with Crippen molar-refractivity contribution in [2.75, 3.05) is 5.32 Å². The number of hydrogen-bond donors (Lipinski definition) is 3. The van der Waals surface area contributed by atoms with Gasteiger partial charge < -0.3 is 16.0 Å². The van der Waals surface area contributed by atoms with Crippen LogP contribution in [0, 0.1) is 10.1 Å². The first-order chi connectivity index (χ1) is 12.8. The van der Waals surface area contributed by atoms with Crippen LogP contribution in [-0.2, 0) is 4.79 Å². The minimum atomic E-state index is -0.648. The van der Waals surface area contributed by atoms with Crippen LogP contribution in [-0.4, -0.2) is 16.9 Å². The Morgan fingerprint density at radius 2 is 1.93 bits per heavy atom. The molecule has 2 aromatic carbocycles. The van der Waals surface area contributed by atoms with Gasteiger partial charge in [0, 0.05) is 28.0 Å². The predicted octanol–water partition coefficient (Wildman–Crippen LogP) is 3.62. The van der Waals surface area contributed by atoms with Gasteiger partial charge in [0.25, 0.3) is 11.6 Å². The molecule has 0 fully saturated rings. The molecule has 0 aromatic heterocycles. The van der Waals surface area contributed by atoms with Crippen molar-refractivity contribution >= 4 is 39.2 Å². The summed E-state index contributed by atoms with van der Waals surface area (Å²) in [6.45, 7) is 1.63. The number of nitrogens with one attached hydrogen (secondary N) is 3. The van der Waals surface area contributed by atoms with E-state index in [0.717, 1.165) is 10.0 Å². The van der Waals surface area contributed by atoms with Crippen molar-refractivity contribution in [1.29, 1.82) is 0 Å². The molecule has 3 rings (SSSR count). The quantitative estimate of drug-likeness (QED) is 0.507. The van der Waals surface area contributed by atoms with Crippen molar-refractivity contribution in [3.8, 4) is 0 Å². The maximum absolute atomic E-state index is 12.9. The molecule has 0 bridgehead atoms. The number of carbonyl (C=O) groups is 2. The van der Waals surface area contributed by atoms with Crippen LogP contribution in [0.15, 0.2) is 64.3 Å². The van der Waals surface area contributed by atoms with E-state index >= 15 is 0 Å². The SMILES string of the molecule is CC1=C(C(=O)Nc2cccc([N+](=O)[O-])c2)[C@H](c2ccc(Br)cc2)NC(=O)N1. The van der Waals surface area contributed by atoms with Gasteiger partial charge in [-0.15, -0.1) is 0 Å². The molecule has 0 saturated heterocycles. The normalized spacial score (nSPS) is 16.4. The molecule has 8 nitrogen and oxygen atoms in total. The summed E-state index contributed by atoms with van der Waals surface area (Å²) >= 11 is 3.35. The van der Waals surface area contributed by atoms with Gasteiger partial charge >= 0.3 is 6.03 Å². The molecular weight excluding hydrogens is 416 g/mol. The zero-order valence-electron chi connectivity index (χ0n) is 14.2. The maximum atomic E-state index is 12.9. The average molecular weight is 431 g/mol. The molecule has 1 aliphatic heterocycles. The van der Waals surface area contributed by atoms with Crippen LogP contribution in [0.1, 0.15) is 18.5 Å². The van der Waals surface area contributed by atoms with Gasteiger partial charge in [-0.2, -0.15) is 0 Å². The maximum Gasteiger partial charge on any atom is 0.319 e. The monoisotopic (exact) mass is 430 g/mol. The fraction of sp³-hybridized carbons (Fsp3) is 0.111. The molecule has 27 heavy (non-hydrogen) atoms. The number of benzene rings is 2. The number of nitrogens with zero attached hydrogens (tertiary/aromatic N) is 1. The van der Waals surface area contributed by atoms with Crippen LogP contribution >= 0.6 is 15.9 Å². The van der Waals surface area contributed by atoms with Crippen LogP contribution < -0.4 is 16.0 Å². The van der Waals surface area contributed by atoms with Crippen molar-refractivity contribution in [3.63, 3.8) is 0 Å². The Morgan fingerprint density at radius 1 is 1.22 bits per heavy atom. The second-order valence-corrected chi connectivity index (χ2v) is 6.80. The lowest BCUT2D eigenvalue weighted by atomic mass is 9.95. The number of hydrogen-bond acceptors (Lipinski definition) is 4. The van der Waals surface area contributed by atoms with E-state index < -0.39 is 22.9 Å². The fourth-order valence-corrected chi connectivity index (χ4v) is 3.06. The molecular formula is C18H15BrN4O4. The Balaban J connectivity index is 1.93. The largest absolute Gasteiger partial charge is 0.327 e. The molecule has 0 spiro atoms. The summed E-state index contributed by atoms with van der Waals surface area (Å²) < 4.78 is 0.870. The second-order valence-electron chi connectivity index (χ2n) is 5.88. The van der Waals surface area contributed by atoms with Crippen LogP contribution in [0.2, 0.25) is 0 Å². The first kappa shape index (κ1) is 18.6. The molecule has 138 valence electrons. The van der Waals surface area contributed by atoms with E-state index in [1.54, 1.807) is 25.1 Å². The highest BCUT2D eigenvalue weighted by Crippen LogP contribution is 2.29. The minimum Gasteiger partial charge on any atom is -0.327 e. The lowest BCUT2D eigenvalue weighted by Crippen LogP contribution is -2.45. The highest BCUT2D eigenvalue weighted by molar-refractivity contribution is 9.10. The third-order valence-corrected chi connectivity index (χ3v) is 4.56. The number of amides is 3. The van der Waals surface area contributed by atoms with Gasteiger partial charge in [-0.05, 0) is 30.7 Å². The summed E-state index contributed by atoms with van der Waals surface area (Å²) in [6, 6.07) is 11.8. The Kier molecular flexibility index (Phi) is 5.22. The number of non-ortho nitro benzene ring substituents is 1. The summed E-state index contributed by atoms with van der Waals surface area (Å²) in [4.78, 5) is 35.2. The summed E-state index contributed by atoms with van der Waals surface area (Å²) in [5.74, 6) is -0.464. The molecule has 0 aliphatic carbocycles. The smallest absolute Gasteiger partial charge is 0.319 e. The molecule has 0 saturated carbocycles. The number of urea groups is 1. The van der Waals surface area contributed by atoms with Gasteiger partial charge in [-0.25, -0.2) is 4.79 Å². The molecule has 1 aliphatic rings. The molecule has 2 aromatic rings. The molecule has 1 heterocycles. The molecule has 0 radical (unpaired) electrons. The van der Waals surface area contributed by atoms with Crippen LogP contribution in [0.5, 0.6) is 0 Å². The Labute approximate surface area is 162 Å². The predicted molar refractivity (Wildman–Crippen MR) is 103 cm³/mol. The summed E-state index contributed by atoms with van der Waals surface area (Å²) in [7, 11) is 0. The van der Waals surface area contributed by atoms with Crippen molar-refractivity contribution in [3.05, 3.63) is 80.0 Å². The molecule has 0 unspecified atom stereocenters. The Morgan fingerprint density at radius 3 is 2.59 bits per heavy atom. The van der Waals surface area contributed by atoms with Crippen molar-refractivity contribution in [2.45, 2.75) is 13.0 Å². The lowest BCUT2D eigenvalue weighted by molar-refractivity contribution is -0.384. The van der Waals surface area contributed by atoms with Gasteiger partial charge in [-0.3, -0.25) is 14.9 Å². The number of anilines is 1. The van der Waals surface area contributed by atoms with Crippen molar-refractivity contribution in [2.24, 2.45) is 0 Å². The van der Waals surface area contributed by atoms with E-state index in [1.165, 1.54) is 18.2 Å². The number of nitro groups is 1. The zero-order valence-corrected chi connectivity index (χ0v) is 15.7. The Hall–Kier alpha value is -3.20. The van der Waals surface area contributed by atoms with Gasteiger partial charge in [0.1, 0.15) is 0 Å². The third-order valence-electron chi connectivity index (χ3n) is 4.03. The van der Waals surface area contributed by atoms with Crippen molar-refractivity contribution in [1.82, 2.24) is 10.6 Å². The molecule has 1 atom stereocenters. The van der Waals surface area contributed by atoms with E-state index in [4.69, 9.17) is 0 Å². The van der Waals surface area contributed by atoms with E-state index in [-0.39, 0.29) is 5.69 Å². The van der Waals surface area contributed by atoms with Crippen LogP contribution in [0.3, 0.4) is 0 Å². The van der Waals surface area contributed by atoms with E-state index in [0.29, 0.717) is 17.0 Å². The van der Waals surface area contributed by atoms with Gasteiger partial charge in [0.2, 0.25) is 0 Å². The van der Waals surface area contributed by atoms with E-state index in [9.17, 15) is 19.7 Å². The first-order valence-corrected chi connectivity index (χ1v) is 8.74. The second kappa shape index (κ2) is 7.58. The van der Waals surface area contributed by atoms with Crippen molar-refractivity contribution < 1.29 is 14.5 Å². The summed E-state index contributed by atoms with van der Waals surface area (Å²) in [5, 5.41) is 18.9. The number of carbonyl (C=O) groups excluding carboxylic acids is 2. The fourth-order valence-electron chi connectivity index (χ4n) is 2.80. The number of rotatable bonds is 4. The van der Waals surface area contributed by atoms with Gasteiger partial charge in [0.05, 0.1) is 16.5 Å². The highest BCUT2D eigenvalue weighted by Gasteiger charge is 2.31. The number of halogens is 1. The minimum absolute atomic E-state index is 0.127. The average Bonchev–Trinajstić information content (AvgIpc) is 2.61. The molecule has 3 amide bonds. The first-order valence-electron chi connectivity index (χ1n) is 7.94. The lowest BCUT2D eigenvalue weighted by Gasteiger charge is -2.28. The standard InChI is InChI=1S/C18H15BrN4O4/c1-10-15(17(24)21-13-3-2-4-14(9-13)23(26)27)16(22-18(25)20-10)11-5-7-12(19)8-6-11/h2-9,16H,1H3,(H,21,24)(H2,20,22,25)/t16-/m0/s1. The topological polar surface area (TPSA) is 113 Å². The number of nitro benzene ring substituents is 1. The zero-order chi connectivity index (χ0) is 19.6. The van der Waals surface area contributed by atoms with Crippen LogP contribution in [0.25, 0.3) is 0 Å². The highest BCUT2D eigenvalue weighted by atomic mass is 79.9.